The number of allylic oxidation sites excluding steroid dienone is 2. The monoisotopic (exact) mass is 405 g/mol. The van der Waals surface area contributed by atoms with Crippen molar-refractivity contribution in [3.05, 3.63) is 24.1 Å². The summed E-state index contributed by atoms with van der Waals surface area (Å²) in [6, 6.07) is 0. The molecule has 0 radical (unpaired) electrons. The highest BCUT2D eigenvalue weighted by Crippen LogP contribution is 2.63. The molecule has 1 N–H and O–H groups in total. The topological polar surface area (TPSA) is 21.3 Å². The van der Waals surface area contributed by atoms with Crippen LogP contribution in [0, 0.1) is 17.3 Å². The predicted octanol–water partition coefficient (Wildman–Crippen LogP) is 8.39. The SMILES string of the molecule is C=C(NCCCCCCC)OC1CCC2(CC2)C(CC)C1CC.CCC=C(C)C. The summed E-state index contributed by atoms with van der Waals surface area (Å²) in [4.78, 5) is 0. The Hall–Kier alpha value is -0.920. The van der Waals surface area contributed by atoms with E-state index in [1.807, 2.05) is 0 Å². The molecule has 0 aromatic carbocycles. The van der Waals surface area contributed by atoms with Gasteiger partial charge in [-0.2, -0.15) is 0 Å². The second kappa shape index (κ2) is 14.1. The van der Waals surface area contributed by atoms with Crippen LogP contribution in [0.4, 0.5) is 0 Å². The van der Waals surface area contributed by atoms with E-state index in [0.29, 0.717) is 11.5 Å². The average molecular weight is 406 g/mol. The highest BCUT2D eigenvalue weighted by Gasteiger charge is 2.55. The maximum absolute atomic E-state index is 6.27. The molecule has 2 heteroatoms. The Kier molecular flexibility index (Phi) is 12.7. The zero-order valence-electron chi connectivity index (χ0n) is 20.6. The van der Waals surface area contributed by atoms with Crippen LogP contribution in [0.2, 0.25) is 0 Å². The normalized spacial score (nSPS) is 24.3. The third-order valence-corrected chi connectivity index (χ3v) is 7.02. The van der Waals surface area contributed by atoms with Crippen molar-refractivity contribution in [2.45, 2.75) is 125 Å². The third kappa shape index (κ3) is 9.18. The molecule has 170 valence electrons. The number of nitrogens with one attached hydrogen (secondary N) is 1. The molecular weight excluding hydrogens is 354 g/mol. The van der Waals surface area contributed by atoms with Gasteiger partial charge in [-0.05, 0) is 82.6 Å². The maximum Gasteiger partial charge on any atom is 0.179 e. The van der Waals surface area contributed by atoms with Gasteiger partial charge in [-0.25, -0.2) is 0 Å². The molecule has 0 amide bonds. The zero-order chi connectivity index (χ0) is 21.7. The Morgan fingerprint density at radius 1 is 1.00 bits per heavy atom. The molecule has 2 aliphatic carbocycles. The smallest absolute Gasteiger partial charge is 0.179 e. The first-order chi connectivity index (χ1) is 13.9. The number of ether oxygens (including phenoxy) is 1. The van der Waals surface area contributed by atoms with Crippen molar-refractivity contribution in [2.24, 2.45) is 17.3 Å². The van der Waals surface area contributed by atoms with Crippen molar-refractivity contribution in [2.75, 3.05) is 6.54 Å². The minimum Gasteiger partial charge on any atom is -0.476 e. The summed E-state index contributed by atoms with van der Waals surface area (Å²) < 4.78 is 6.27. The van der Waals surface area contributed by atoms with Gasteiger partial charge >= 0.3 is 0 Å². The van der Waals surface area contributed by atoms with Crippen LogP contribution in [0.3, 0.4) is 0 Å². The predicted molar refractivity (Wildman–Crippen MR) is 129 cm³/mol. The van der Waals surface area contributed by atoms with Gasteiger partial charge in [0.2, 0.25) is 0 Å². The van der Waals surface area contributed by atoms with Gasteiger partial charge in [0.05, 0.1) is 0 Å². The maximum atomic E-state index is 6.27. The van der Waals surface area contributed by atoms with Crippen molar-refractivity contribution in [1.29, 1.82) is 0 Å². The Morgan fingerprint density at radius 3 is 2.17 bits per heavy atom. The highest BCUT2D eigenvalue weighted by molar-refractivity contribution is 5.05. The molecule has 2 saturated carbocycles. The number of unbranched alkanes of at least 4 members (excludes halogenated alkanes) is 4. The summed E-state index contributed by atoms with van der Waals surface area (Å²) >= 11 is 0. The first kappa shape index (κ1) is 26.1. The Labute approximate surface area is 183 Å². The van der Waals surface area contributed by atoms with Crippen molar-refractivity contribution in [3.63, 3.8) is 0 Å². The quantitative estimate of drug-likeness (QED) is 0.200. The fourth-order valence-corrected chi connectivity index (χ4v) is 5.34. The fourth-order valence-electron chi connectivity index (χ4n) is 5.34. The molecule has 0 heterocycles. The van der Waals surface area contributed by atoms with Crippen molar-refractivity contribution in [1.82, 2.24) is 5.32 Å². The van der Waals surface area contributed by atoms with Crippen LogP contribution in [0.5, 0.6) is 0 Å². The van der Waals surface area contributed by atoms with E-state index in [2.05, 4.69) is 59.5 Å². The molecule has 2 rings (SSSR count). The minimum absolute atomic E-state index is 0.385. The zero-order valence-corrected chi connectivity index (χ0v) is 20.6. The lowest BCUT2D eigenvalue weighted by Crippen LogP contribution is -2.40. The molecule has 2 nitrogen and oxygen atoms in total. The van der Waals surface area contributed by atoms with E-state index < -0.39 is 0 Å². The molecule has 0 aromatic heterocycles. The Balaban J connectivity index is 0.000000612. The molecule has 3 atom stereocenters. The molecule has 29 heavy (non-hydrogen) atoms. The summed E-state index contributed by atoms with van der Waals surface area (Å²) in [5, 5.41) is 3.40. The molecule has 3 unspecified atom stereocenters. The Morgan fingerprint density at radius 2 is 1.69 bits per heavy atom. The molecule has 0 aliphatic heterocycles. The minimum atomic E-state index is 0.385. The summed E-state index contributed by atoms with van der Waals surface area (Å²) in [7, 11) is 0. The van der Waals surface area contributed by atoms with Gasteiger partial charge in [-0.1, -0.05) is 71.4 Å². The van der Waals surface area contributed by atoms with Gasteiger partial charge in [0.25, 0.3) is 0 Å². The van der Waals surface area contributed by atoms with Crippen molar-refractivity contribution < 1.29 is 4.74 Å². The van der Waals surface area contributed by atoms with Crippen LogP contribution < -0.4 is 5.32 Å². The second-order valence-electron chi connectivity index (χ2n) is 9.60. The summed E-state index contributed by atoms with van der Waals surface area (Å²) in [6.45, 7) is 18.5. The van der Waals surface area contributed by atoms with Crippen LogP contribution in [-0.4, -0.2) is 12.6 Å². The second-order valence-corrected chi connectivity index (χ2v) is 9.60. The number of hydrogen-bond acceptors (Lipinski definition) is 2. The summed E-state index contributed by atoms with van der Waals surface area (Å²) in [5.41, 5.74) is 2.11. The summed E-state index contributed by atoms with van der Waals surface area (Å²) in [5.74, 6) is 2.40. The van der Waals surface area contributed by atoms with E-state index in [1.54, 1.807) is 0 Å². The average Bonchev–Trinajstić information content (AvgIpc) is 3.46. The van der Waals surface area contributed by atoms with Gasteiger partial charge in [-0.3, -0.25) is 0 Å². The van der Waals surface area contributed by atoms with Crippen LogP contribution in [0.25, 0.3) is 0 Å². The van der Waals surface area contributed by atoms with Gasteiger partial charge in [0.1, 0.15) is 6.10 Å². The first-order valence-electron chi connectivity index (χ1n) is 12.7. The van der Waals surface area contributed by atoms with Crippen LogP contribution in [-0.2, 0) is 4.74 Å². The lowest BCUT2D eigenvalue weighted by atomic mass is 9.66. The Bertz CT molecular complexity index is 473. The third-order valence-electron chi connectivity index (χ3n) is 7.02. The number of hydrogen-bond donors (Lipinski definition) is 1. The van der Waals surface area contributed by atoms with E-state index in [9.17, 15) is 0 Å². The van der Waals surface area contributed by atoms with Gasteiger partial charge in [-0.15, -0.1) is 0 Å². The lowest BCUT2D eigenvalue weighted by Gasteiger charge is -2.43. The van der Waals surface area contributed by atoms with E-state index in [1.165, 1.54) is 82.6 Å². The molecule has 0 bridgehead atoms. The van der Waals surface area contributed by atoms with Gasteiger partial charge in [0, 0.05) is 6.54 Å². The molecule has 0 aromatic rings. The van der Waals surface area contributed by atoms with E-state index >= 15 is 0 Å². The van der Waals surface area contributed by atoms with E-state index in [4.69, 9.17) is 4.74 Å². The van der Waals surface area contributed by atoms with Crippen LogP contribution >= 0.6 is 0 Å². The molecule has 2 fully saturated rings. The molecule has 2 aliphatic rings. The standard InChI is InChI=1S/C21H39NO.C6H12/c1-5-8-9-10-11-16-22-17(4)23-20-12-13-21(14-15-21)19(7-3)18(20)6-2;1-4-5-6(2)3/h18-20,22H,4-16H2,1-3H3;5H,4H2,1-3H3. The summed E-state index contributed by atoms with van der Waals surface area (Å²) in [6.07, 6.45) is 18.4. The van der Waals surface area contributed by atoms with Gasteiger partial charge in [0.15, 0.2) is 5.88 Å². The molecule has 0 saturated heterocycles. The van der Waals surface area contributed by atoms with E-state index in [0.717, 1.165) is 24.3 Å². The fraction of sp³-hybridized carbons (Fsp3) is 0.852. The lowest BCUT2D eigenvalue weighted by molar-refractivity contribution is -0.0361. The van der Waals surface area contributed by atoms with Crippen LogP contribution in [0.1, 0.15) is 119 Å². The highest BCUT2D eigenvalue weighted by atomic mass is 16.5. The first-order valence-corrected chi connectivity index (χ1v) is 12.7. The van der Waals surface area contributed by atoms with Crippen LogP contribution in [0.15, 0.2) is 24.1 Å². The van der Waals surface area contributed by atoms with E-state index in [-0.39, 0.29) is 0 Å². The van der Waals surface area contributed by atoms with Crippen molar-refractivity contribution >= 4 is 0 Å². The molecule has 1 spiro atoms. The molecular formula is C27H51NO. The largest absolute Gasteiger partial charge is 0.476 e. The number of rotatable bonds is 12. The van der Waals surface area contributed by atoms with Crippen molar-refractivity contribution in [3.8, 4) is 0 Å². The van der Waals surface area contributed by atoms with Gasteiger partial charge < -0.3 is 10.1 Å².